The maximum absolute atomic E-state index is 3.85. The van der Waals surface area contributed by atoms with Crippen LogP contribution in [-0.4, -0.2) is 19.7 Å². The minimum absolute atomic E-state index is 0. The zero-order chi connectivity index (χ0) is 13.8. The lowest BCUT2D eigenvalue weighted by molar-refractivity contribution is 0.487. The van der Waals surface area contributed by atoms with Gasteiger partial charge in [0.2, 0.25) is 0 Å². The fourth-order valence-corrected chi connectivity index (χ4v) is 8.78. The second kappa shape index (κ2) is 8.73. The molecule has 0 bridgehead atoms. The van der Waals surface area contributed by atoms with E-state index in [2.05, 4.69) is 40.2 Å². The number of hydrogen-bond acceptors (Lipinski definition) is 0. The maximum Gasteiger partial charge on any atom is 0.0252 e. The van der Waals surface area contributed by atoms with Gasteiger partial charge in [0.25, 0.3) is 0 Å². The molecule has 21 heavy (non-hydrogen) atoms. The van der Waals surface area contributed by atoms with E-state index in [0.717, 1.165) is 11.3 Å². The smallest absolute Gasteiger partial charge is 0.0252 e. The van der Waals surface area contributed by atoms with Crippen molar-refractivity contribution in [2.45, 2.75) is 75.5 Å². The van der Waals surface area contributed by atoms with Crippen molar-refractivity contribution in [3.63, 3.8) is 0 Å². The first kappa shape index (κ1) is 17.5. The van der Waals surface area contributed by atoms with E-state index < -0.39 is 0 Å². The summed E-state index contributed by atoms with van der Waals surface area (Å²) in [5.74, 6) is 0. The molecule has 1 aromatic carbocycles. The van der Waals surface area contributed by atoms with Crippen LogP contribution in [0, 0.1) is 0 Å². The van der Waals surface area contributed by atoms with Gasteiger partial charge in [-0.2, -0.15) is 0 Å². The molecule has 0 spiro atoms. The molecule has 1 aromatic rings. The Kier molecular flexibility index (Phi) is 7.29. The molecule has 0 aromatic heterocycles. The predicted molar refractivity (Wildman–Crippen MR) is 100 cm³/mol. The van der Waals surface area contributed by atoms with Crippen LogP contribution < -0.4 is 5.30 Å². The summed E-state index contributed by atoms with van der Waals surface area (Å²) in [6.07, 6.45) is 14.8. The van der Waals surface area contributed by atoms with Crippen LogP contribution in [0.2, 0.25) is 0 Å². The Balaban J connectivity index is 0.00000161. The molecule has 0 N–H and O–H groups in total. The Morgan fingerprint density at radius 2 is 1.24 bits per heavy atom. The third kappa shape index (κ3) is 4.35. The van der Waals surface area contributed by atoms with Crippen LogP contribution in [0.1, 0.15) is 64.2 Å². The first-order valence-corrected chi connectivity index (χ1v) is 10.7. The van der Waals surface area contributed by atoms with Crippen molar-refractivity contribution in [3.05, 3.63) is 28.7 Å². The first-order chi connectivity index (χ1) is 9.86. The van der Waals surface area contributed by atoms with Gasteiger partial charge >= 0.3 is 0 Å². The molecule has 0 aliphatic heterocycles. The lowest BCUT2D eigenvalue weighted by Gasteiger charge is -2.39. The highest BCUT2D eigenvalue weighted by Gasteiger charge is 2.32. The second-order valence-corrected chi connectivity index (χ2v) is 10.1. The summed E-state index contributed by atoms with van der Waals surface area (Å²) in [5.41, 5.74) is 2.00. The van der Waals surface area contributed by atoms with E-state index in [4.69, 9.17) is 0 Å². The van der Waals surface area contributed by atoms with Crippen LogP contribution in [-0.2, 0) is 0 Å². The van der Waals surface area contributed by atoms with E-state index >= 15 is 0 Å². The summed E-state index contributed by atoms with van der Waals surface area (Å²) in [4.78, 5) is 0. The summed E-state index contributed by atoms with van der Waals surface area (Å²) in [7, 11) is 0.0402. The molecule has 2 fully saturated rings. The van der Waals surface area contributed by atoms with E-state index in [1.807, 2.05) is 0 Å². The molecular weight excluding hydrogens is 338 g/mol. The highest BCUT2D eigenvalue weighted by atomic mass is 79.9. The van der Waals surface area contributed by atoms with Gasteiger partial charge in [0.05, 0.1) is 0 Å². The Bertz CT molecular complexity index is 407. The zero-order valence-corrected chi connectivity index (χ0v) is 15.4. The minimum Gasteiger partial charge on any atom is -0.0677 e. The summed E-state index contributed by atoms with van der Waals surface area (Å²) >= 11 is 3.85. The van der Waals surface area contributed by atoms with Crippen molar-refractivity contribution in [1.82, 2.24) is 0 Å². The van der Waals surface area contributed by atoms with Crippen molar-refractivity contribution in [2.75, 3.05) is 0 Å². The quantitative estimate of drug-likeness (QED) is 0.467. The summed E-state index contributed by atoms with van der Waals surface area (Å²) in [6, 6.07) is 9.10. The molecule has 3 heteroatoms. The van der Waals surface area contributed by atoms with E-state index in [9.17, 15) is 0 Å². The average molecular weight is 364 g/mol. The molecule has 3 radical (unpaired) electrons. The van der Waals surface area contributed by atoms with Gasteiger partial charge in [0, 0.05) is 12.9 Å². The summed E-state index contributed by atoms with van der Waals surface area (Å²) in [6.45, 7) is 0. The van der Waals surface area contributed by atoms with E-state index in [1.165, 1.54) is 68.7 Å². The lowest BCUT2D eigenvalue weighted by Crippen LogP contribution is -2.26. The predicted octanol–water partition coefficient (Wildman–Crippen LogP) is 5.84. The highest BCUT2D eigenvalue weighted by Crippen LogP contribution is 2.55. The van der Waals surface area contributed by atoms with Crippen LogP contribution in [0.5, 0.6) is 0 Å². The SMILES string of the molecule is Brc1ccccc1P(C1CCCCC1)C1CCCCC1.[B]. The van der Waals surface area contributed by atoms with Crippen molar-refractivity contribution < 1.29 is 0 Å². The van der Waals surface area contributed by atoms with Crippen LogP contribution in [0.25, 0.3) is 0 Å². The molecule has 0 heterocycles. The van der Waals surface area contributed by atoms with Gasteiger partial charge in [-0.15, -0.1) is 0 Å². The highest BCUT2D eigenvalue weighted by molar-refractivity contribution is 9.10. The minimum atomic E-state index is 0. The molecule has 0 amide bonds. The fourth-order valence-electron chi connectivity index (χ4n) is 4.07. The van der Waals surface area contributed by atoms with E-state index in [-0.39, 0.29) is 16.3 Å². The summed E-state index contributed by atoms with van der Waals surface area (Å²) < 4.78 is 1.38. The molecular formula is C18H26BBrP. The largest absolute Gasteiger partial charge is 0.0677 e. The van der Waals surface area contributed by atoms with Gasteiger partial charge in [0.15, 0.2) is 0 Å². The second-order valence-electron chi connectivity index (χ2n) is 6.44. The van der Waals surface area contributed by atoms with Crippen LogP contribution in [0.3, 0.4) is 0 Å². The standard InChI is InChI=1S/C18H26BrP.B/c19-17-13-7-8-14-18(17)20(15-9-3-1-4-10-15)16-11-5-2-6-12-16;/h7-8,13-16H,1-6,9-12H2;. The average Bonchev–Trinajstić information content (AvgIpc) is 2.52. The van der Waals surface area contributed by atoms with Crippen molar-refractivity contribution in [1.29, 1.82) is 0 Å². The van der Waals surface area contributed by atoms with Crippen molar-refractivity contribution in [2.24, 2.45) is 0 Å². The third-order valence-corrected chi connectivity index (χ3v) is 9.62. The normalized spacial score (nSPS) is 21.2. The monoisotopic (exact) mass is 363 g/mol. The summed E-state index contributed by atoms with van der Waals surface area (Å²) in [5, 5.41) is 1.67. The van der Waals surface area contributed by atoms with Crippen LogP contribution in [0.15, 0.2) is 28.7 Å². The molecule has 2 saturated carbocycles. The molecule has 0 atom stereocenters. The number of benzene rings is 1. The third-order valence-electron chi connectivity index (χ3n) is 5.07. The van der Waals surface area contributed by atoms with Gasteiger partial charge in [0.1, 0.15) is 0 Å². The molecule has 113 valence electrons. The number of hydrogen-bond donors (Lipinski definition) is 0. The zero-order valence-electron chi connectivity index (χ0n) is 12.9. The van der Waals surface area contributed by atoms with E-state index in [1.54, 1.807) is 5.30 Å². The molecule has 3 rings (SSSR count). The Hall–Kier alpha value is 0.195. The van der Waals surface area contributed by atoms with Gasteiger partial charge in [-0.1, -0.05) is 80.6 Å². The first-order valence-electron chi connectivity index (χ1n) is 8.39. The Morgan fingerprint density at radius 1 is 0.762 bits per heavy atom. The van der Waals surface area contributed by atoms with Gasteiger partial charge < -0.3 is 0 Å². The van der Waals surface area contributed by atoms with Crippen molar-refractivity contribution in [3.8, 4) is 0 Å². The molecule has 0 unspecified atom stereocenters. The molecule has 2 aliphatic carbocycles. The van der Waals surface area contributed by atoms with Gasteiger partial charge in [-0.3, -0.25) is 0 Å². The van der Waals surface area contributed by atoms with Crippen molar-refractivity contribution >= 4 is 37.6 Å². The number of halogens is 1. The molecule has 0 nitrogen and oxygen atoms in total. The Labute approximate surface area is 141 Å². The van der Waals surface area contributed by atoms with E-state index in [0.29, 0.717) is 0 Å². The van der Waals surface area contributed by atoms with Gasteiger partial charge in [-0.05, 0) is 48.4 Å². The topological polar surface area (TPSA) is 0 Å². The molecule has 0 saturated heterocycles. The van der Waals surface area contributed by atoms with Crippen LogP contribution >= 0.6 is 23.9 Å². The lowest BCUT2D eigenvalue weighted by atomic mass is 9.99. The fraction of sp³-hybridized carbons (Fsp3) is 0.667. The van der Waals surface area contributed by atoms with Crippen LogP contribution in [0.4, 0.5) is 0 Å². The molecule has 2 aliphatic rings. The Morgan fingerprint density at radius 3 is 1.71 bits per heavy atom. The van der Waals surface area contributed by atoms with Gasteiger partial charge in [-0.25, -0.2) is 0 Å². The number of rotatable bonds is 3. The maximum atomic E-state index is 3.85.